The molecule has 27 heavy (non-hydrogen) atoms. The molecule has 1 aromatic heterocycles. The third-order valence-electron chi connectivity index (χ3n) is 5.35. The Morgan fingerprint density at radius 3 is 2.89 bits per heavy atom. The molecule has 0 fully saturated rings. The molecule has 4 rings (SSSR count). The molecule has 1 N–H and O–H groups in total. The van der Waals surface area contributed by atoms with E-state index in [1.807, 2.05) is 12.1 Å². The van der Waals surface area contributed by atoms with Crippen molar-refractivity contribution in [2.45, 2.75) is 63.1 Å². The van der Waals surface area contributed by atoms with Crippen LogP contribution in [0.15, 0.2) is 34.2 Å². The lowest BCUT2D eigenvalue weighted by Crippen LogP contribution is -2.30. The van der Waals surface area contributed by atoms with Crippen LogP contribution in [0.1, 0.15) is 55.5 Å². The Bertz CT molecular complexity index is 905. The van der Waals surface area contributed by atoms with Crippen molar-refractivity contribution in [1.29, 1.82) is 0 Å². The molecule has 0 saturated carbocycles. The van der Waals surface area contributed by atoms with Crippen LogP contribution in [0.5, 0.6) is 0 Å². The van der Waals surface area contributed by atoms with Crippen molar-refractivity contribution in [1.82, 2.24) is 9.55 Å². The highest BCUT2D eigenvalue weighted by Crippen LogP contribution is 2.34. The van der Waals surface area contributed by atoms with Crippen molar-refractivity contribution < 1.29 is 4.79 Å². The summed E-state index contributed by atoms with van der Waals surface area (Å²) in [5.41, 5.74) is 3.99. The van der Waals surface area contributed by atoms with Gasteiger partial charge in [-0.1, -0.05) is 37.2 Å². The number of aromatic nitrogens is 2. The first-order valence-electron chi connectivity index (χ1n) is 9.81. The second kappa shape index (κ2) is 7.89. The van der Waals surface area contributed by atoms with Crippen LogP contribution in [0, 0.1) is 0 Å². The van der Waals surface area contributed by atoms with E-state index in [4.69, 9.17) is 0 Å². The van der Waals surface area contributed by atoms with E-state index in [1.54, 1.807) is 16.3 Å². The van der Waals surface area contributed by atoms with Gasteiger partial charge in [0.15, 0.2) is 5.16 Å². The van der Waals surface area contributed by atoms with Gasteiger partial charge in [-0.2, -0.15) is 0 Å². The van der Waals surface area contributed by atoms with Gasteiger partial charge in [0.1, 0.15) is 0 Å². The SMILES string of the molecule is CCCCc1ccc(NC(=O)CC2CSc3nc4c(c(=O)n32)CCC4)cc1. The number of nitrogens with zero attached hydrogens (tertiary/aromatic N) is 2. The minimum atomic E-state index is -0.111. The van der Waals surface area contributed by atoms with Crippen LogP contribution in [0.25, 0.3) is 0 Å². The summed E-state index contributed by atoms with van der Waals surface area (Å²) in [7, 11) is 0. The monoisotopic (exact) mass is 383 g/mol. The highest BCUT2D eigenvalue weighted by atomic mass is 32.2. The summed E-state index contributed by atoms with van der Waals surface area (Å²) in [6.07, 6.45) is 6.45. The number of aryl methyl sites for hydroxylation is 2. The zero-order valence-electron chi connectivity index (χ0n) is 15.7. The van der Waals surface area contributed by atoms with Crippen LogP contribution < -0.4 is 10.9 Å². The van der Waals surface area contributed by atoms with Crippen molar-refractivity contribution in [3.8, 4) is 0 Å². The lowest BCUT2D eigenvalue weighted by atomic mass is 10.1. The maximum atomic E-state index is 12.8. The number of hydrogen-bond acceptors (Lipinski definition) is 4. The number of unbranched alkanes of at least 4 members (excludes halogenated alkanes) is 1. The smallest absolute Gasteiger partial charge is 0.257 e. The molecule has 0 bridgehead atoms. The van der Waals surface area contributed by atoms with Gasteiger partial charge in [-0.3, -0.25) is 14.2 Å². The number of carbonyl (C=O) groups is 1. The number of carbonyl (C=O) groups excluding carboxylic acids is 1. The quantitative estimate of drug-likeness (QED) is 0.772. The maximum Gasteiger partial charge on any atom is 0.257 e. The van der Waals surface area contributed by atoms with Crippen LogP contribution in [-0.2, 0) is 24.1 Å². The molecule has 6 heteroatoms. The van der Waals surface area contributed by atoms with Crippen LogP contribution in [-0.4, -0.2) is 21.2 Å². The number of amides is 1. The topological polar surface area (TPSA) is 64.0 Å². The van der Waals surface area contributed by atoms with Crippen molar-refractivity contribution >= 4 is 23.4 Å². The molecule has 142 valence electrons. The summed E-state index contributed by atoms with van der Waals surface area (Å²) < 4.78 is 1.75. The summed E-state index contributed by atoms with van der Waals surface area (Å²) in [6.45, 7) is 2.18. The molecule has 5 nitrogen and oxygen atoms in total. The number of nitrogens with one attached hydrogen (secondary N) is 1. The standard InChI is InChI=1S/C21H25N3O2S/c1-2-3-5-14-8-10-15(11-9-14)22-19(25)12-16-13-27-21-23-18-7-4-6-17(18)20(26)24(16)21/h8-11,16H,2-7,12-13H2,1H3,(H,22,25). The highest BCUT2D eigenvalue weighted by Gasteiger charge is 2.31. The van der Waals surface area contributed by atoms with Crippen LogP contribution >= 0.6 is 11.8 Å². The third kappa shape index (κ3) is 3.81. The van der Waals surface area contributed by atoms with E-state index in [1.165, 1.54) is 18.4 Å². The number of anilines is 1. The molecule has 1 aromatic carbocycles. The molecule has 1 unspecified atom stereocenters. The van der Waals surface area contributed by atoms with Gasteiger partial charge in [0.05, 0.1) is 11.7 Å². The van der Waals surface area contributed by atoms with Crippen molar-refractivity contribution in [2.24, 2.45) is 0 Å². The molecule has 1 aliphatic heterocycles. The molecule has 1 aliphatic carbocycles. The van der Waals surface area contributed by atoms with Gasteiger partial charge < -0.3 is 5.32 Å². The average molecular weight is 384 g/mol. The van der Waals surface area contributed by atoms with Gasteiger partial charge in [0, 0.05) is 23.4 Å². The van der Waals surface area contributed by atoms with Crippen molar-refractivity contribution in [3.63, 3.8) is 0 Å². The van der Waals surface area contributed by atoms with E-state index < -0.39 is 0 Å². The first-order chi connectivity index (χ1) is 13.2. The average Bonchev–Trinajstić information content (AvgIpc) is 3.29. The second-order valence-electron chi connectivity index (χ2n) is 7.37. The molecule has 2 aromatic rings. The fourth-order valence-corrected chi connectivity index (χ4v) is 5.02. The van der Waals surface area contributed by atoms with Crippen LogP contribution in [0.3, 0.4) is 0 Å². The molecular formula is C21H25N3O2S. The molecule has 1 atom stereocenters. The molecule has 1 amide bonds. The maximum absolute atomic E-state index is 12.8. The lowest BCUT2D eigenvalue weighted by molar-refractivity contribution is -0.116. The van der Waals surface area contributed by atoms with E-state index in [-0.39, 0.29) is 17.5 Å². The van der Waals surface area contributed by atoms with E-state index in [0.717, 1.165) is 53.5 Å². The zero-order valence-corrected chi connectivity index (χ0v) is 16.5. The number of fused-ring (bicyclic) bond motifs is 2. The molecule has 0 radical (unpaired) electrons. The van der Waals surface area contributed by atoms with Gasteiger partial charge in [-0.25, -0.2) is 4.98 Å². The fourth-order valence-electron chi connectivity index (χ4n) is 3.86. The number of thioether (sulfide) groups is 1. The minimum absolute atomic E-state index is 0.0536. The Balaban J connectivity index is 1.42. The Morgan fingerprint density at radius 1 is 1.30 bits per heavy atom. The highest BCUT2D eigenvalue weighted by molar-refractivity contribution is 7.99. The first-order valence-corrected chi connectivity index (χ1v) is 10.8. The molecule has 2 aliphatic rings. The largest absolute Gasteiger partial charge is 0.326 e. The van der Waals surface area contributed by atoms with Crippen molar-refractivity contribution in [3.05, 3.63) is 51.4 Å². The van der Waals surface area contributed by atoms with Crippen LogP contribution in [0.2, 0.25) is 0 Å². The third-order valence-corrected chi connectivity index (χ3v) is 6.45. The van der Waals surface area contributed by atoms with Gasteiger partial charge in [-0.15, -0.1) is 0 Å². The van der Waals surface area contributed by atoms with Gasteiger partial charge in [-0.05, 0) is 49.8 Å². The number of hydrogen-bond donors (Lipinski definition) is 1. The van der Waals surface area contributed by atoms with E-state index in [9.17, 15) is 9.59 Å². The Morgan fingerprint density at radius 2 is 2.11 bits per heavy atom. The number of benzene rings is 1. The van der Waals surface area contributed by atoms with Crippen molar-refractivity contribution in [2.75, 3.05) is 11.1 Å². The molecule has 2 heterocycles. The Hall–Kier alpha value is -2.08. The summed E-state index contributed by atoms with van der Waals surface area (Å²) in [5.74, 6) is 0.677. The minimum Gasteiger partial charge on any atom is -0.326 e. The van der Waals surface area contributed by atoms with E-state index >= 15 is 0 Å². The first kappa shape index (κ1) is 18.3. The molecule has 0 spiro atoms. The van der Waals surface area contributed by atoms with E-state index in [2.05, 4.69) is 29.4 Å². The lowest BCUT2D eigenvalue weighted by Gasteiger charge is -2.14. The summed E-state index contributed by atoms with van der Waals surface area (Å²) in [4.78, 5) is 30.0. The molecular weight excluding hydrogens is 358 g/mol. The zero-order chi connectivity index (χ0) is 18.8. The normalized spacial score (nSPS) is 17.6. The summed E-state index contributed by atoms with van der Waals surface area (Å²) in [5, 5.41) is 3.75. The predicted molar refractivity (Wildman–Crippen MR) is 109 cm³/mol. The Kier molecular flexibility index (Phi) is 5.34. The second-order valence-corrected chi connectivity index (χ2v) is 8.35. The Labute approximate surface area is 163 Å². The van der Waals surface area contributed by atoms with Gasteiger partial charge >= 0.3 is 0 Å². The van der Waals surface area contributed by atoms with Crippen LogP contribution in [0.4, 0.5) is 5.69 Å². The fraction of sp³-hybridized carbons (Fsp3) is 0.476. The van der Waals surface area contributed by atoms with E-state index in [0.29, 0.717) is 6.42 Å². The number of rotatable bonds is 6. The summed E-state index contributed by atoms with van der Waals surface area (Å²) in [6, 6.07) is 7.95. The van der Waals surface area contributed by atoms with Gasteiger partial charge in [0.2, 0.25) is 5.91 Å². The molecule has 0 saturated heterocycles. The summed E-state index contributed by atoms with van der Waals surface area (Å²) >= 11 is 1.59. The van der Waals surface area contributed by atoms with Gasteiger partial charge in [0.25, 0.3) is 5.56 Å². The predicted octanol–water partition coefficient (Wildman–Crippen LogP) is 3.75.